The summed E-state index contributed by atoms with van der Waals surface area (Å²) in [5, 5.41) is 8.81. The molecule has 0 saturated carbocycles. The summed E-state index contributed by atoms with van der Waals surface area (Å²) in [6.07, 6.45) is 3.48. The molecule has 0 aliphatic heterocycles. The Morgan fingerprint density at radius 2 is 2.07 bits per heavy atom. The summed E-state index contributed by atoms with van der Waals surface area (Å²) >= 11 is 0. The molecule has 0 spiro atoms. The van der Waals surface area contributed by atoms with E-state index >= 15 is 0 Å². The van der Waals surface area contributed by atoms with E-state index in [2.05, 4.69) is 11.1 Å². The Labute approximate surface area is 157 Å². The van der Waals surface area contributed by atoms with E-state index in [0.717, 1.165) is 29.7 Å². The van der Waals surface area contributed by atoms with Gasteiger partial charge in [0.1, 0.15) is 18.4 Å². The second-order valence-corrected chi connectivity index (χ2v) is 6.65. The molecule has 27 heavy (non-hydrogen) atoms. The summed E-state index contributed by atoms with van der Waals surface area (Å²) in [5.41, 5.74) is 3.50. The van der Waals surface area contributed by atoms with Crippen molar-refractivity contribution in [2.24, 2.45) is 5.92 Å². The predicted molar refractivity (Wildman–Crippen MR) is 98.3 cm³/mol. The Bertz CT molecular complexity index is 1000. The summed E-state index contributed by atoms with van der Waals surface area (Å²) in [6, 6.07) is 18.0. The molecular formula is C22H18N2O3. The number of rotatable bonds is 5. The molecule has 2 aromatic carbocycles. The van der Waals surface area contributed by atoms with Crippen molar-refractivity contribution in [2.45, 2.75) is 25.9 Å². The van der Waals surface area contributed by atoms with Crippen molar-refractivity contribution in [1.29, 1.82) is 5.26 Å². The van der Waals surface area contributed by atoms with Gasteiger partial charge in [0, 0.05) is 5.92 Å². The third-order valence-electron chi connectivity index (χ3n) is 4.85. The third kappa shape index (κ3) is 3.75. The summed E-state index contributed by atoms with van der Waals surface area (Å²) in [5.74, 6) is 0.636. The maximum atomic E-state index is 12.6. The Hall–Kier alpha value is -3.39. The molecule has 134 valence electrons. The van der Waals surface area contributed by atoms with Crippen molar-refractivity contribution < 1.29 is 13.9 Å². The van der Waals surface area contributed by atoms with E-state index in [9.17, 15) is 4.79 Å². The van der Waals surface area contributed by atoms with Crippen molar-refractivity contribution >= 4 is 5.78 Å². The van der Waals surface area contributed by atoms with Crippen LogP contribution < -0.4 is 4.74 Å². The lowest BCUT2D eigenvalue weighted by Crippen LogP contribution is -2.23. The number of Topliss-reactive ketones (excluding diaryl/α,β-unsaturated/α-hetero) is 1. The first-order chi connectivity index (χ1) is 13.2. The zero-order valence-electron chi connectivity index (χ0n) is 14.7. The number of nitriles is 1. The van der Waals surface area contributed by atoms with Crippen molar-refractivity contribution in [3.05, 3.63) is 83.1 Å². The number of nitrogens with zero attached hydrogens (tertiary/aromatic N) is 2. The van der Waals surface area contributed by atoms with Gasteiger partial charge in [0.2, 0.25) is 11.5 Å². The number of aromatic nitrogens is 1. The lowest BCUT2D eigenvalue weighted by Gasteiger charge is -2.23. The number of carbonyl (C=O) groups excluding carboxylic acids is 1. The molecule has 1 atom stereocenters. The second-order valence-electron chi connectivity index (χ2n) is 6.65. The highest BCUT2D eigenvalue weighted by molar-refractivity contribution is 5.94. The molecule has 0 amide bonds. The molecular weight excluding hydrogens is 340 g/mol. The topological polar surface area (TPSA) is 76.1 Å². The Morgan fingerprint density at radius 3 is 2.85 bits per heavy atom. The highest BCUT2D eigenvalue weighted by atomic mass is 16.5. The highest BCUT2D eigenvalue weighted by Crippen LogP contribution is 2.30. The van der Waals surface area contributed by atoms with Crippen LogP contribution in [0.4, 0.5) is 0 Å². The first kappa shape index (κ1) is 17.0. The molecule has 1 aliphatic carbocycles. The summed E-state index contributed by atoms with van der Waals surface area (Å²) < 4.78 is 11.1. The lowest BCUT2D eigenvalue weighted by molar-refractivity contribution is 0.0872. The van der Waals surface area contributed by atoms with Gasteiger partial charge in [-0.1, -0.05) is 36.4 Å². The van der Waals surface area contributed by atoms with Crippen LogP contribution in [0.25, 0.3) is 0 Å². The predicted octanol–water partition coefficient (Wildman–Crippen LogP) is 4.11. The number of ketones is 1. The molecule has 1 aromatic heterocycles. The monoisotopic (exact) mass is 358 g/mol. The zero-order chi connectivity index (χ0) is 18.6. The minimum Gasteiger partial charge on any atom is -0.489 e. The average Bonchev–Trinajstić information content (AvgIpc) is 3.21. The normalized spacial score (nSPS) is 15.6. The van der Waals surface area contributed by atoms with E-state index in [1.54, 1.807) is 0 Å². The Kier molecular flexibility index (Phi) is 4.71. The molecule has 3 aromatic rings. The van der Waals surface area contributed by atoms with Crippen LogP contribution in [0.15, 0.2) is 59.1 Å². The number of ether oxygens (including phenoxy) is 1. The van der Waals surface area contributed by atoms with Gasteiger partial charge in [-0.25, -0.2) is 4.98 Å². The van der Waals surface area contributed by atoms with Crippen LogP contribution >= 0.6 is 0 Å². The SMILES string of the molecule is N#Cc1cnc(C(=O)C2CCc3cc(OCc4ccccc4)ccc3C2)o1. The molecule has 0 saturated heterocycles. The fourth-order valence-electron chi connectivity index (χ4n) is 3.40. The third-order valence-corrected chi connectivity index (χ3v) is 4.85. The quantitative estimate of drug-likeness (QED) is 0.642. The van der Waals surface area contributed by atoms with Crippen molar-refractivity contribution in [3.8, 4) is 11.8 Å². The second kappa shape index (κ2) is 7.46. The lowest BCUT2D eigenvalue weighted by atomic mass is 9.81. The minimum atomic E-state index is -0.168. The van der Waals surface area contributed by atoms with Crippen LogP contribution in [-0.4, -0.2) is 10.8 Å². The maximum absolute atomic E-state index is 12.6. The first-order valence-electron chi connectivity index (χ1n) is 8.91. The first-order valence-corrected chi connectivity index (χ1v) is 8.91. The van der Waals surface area contributed by atoms with Crippen LogP contribution in [0, 0.1) is 17.2 Å². The van der Waals surface area contributed by atoms with Crippen LogP contribution in [0.2, 0.25) is 0 Å². The molecule has 1 heterocycles. The number of aryl methyl sites for hydroxylation is 1. The van der Waals surface area contributed by atoms with Crippen LogP contribution in [0.5, 0.6) is 5.75 Å². The van der Waals surface area contributed by atoms with Gasteiger partial charge in [-0.3, -0.25) is 4.79 Å². The van der Waals surface area contributed by atoms with Gasteiger partial charge in [0.15, 0.2) is 0 Å². The molecule has 1 aliphatic rings. The summed E-state index contributed by atoms with van der Waals surface area (Å²) in [6.45, 7) is 0.534. The number of hydrogen-bond acceptors (Lipinski definition) is 5. The molecule has 0 bridgehead atoms. The number of fused-ring (bicyclic) bond motifs is 1. The van der Waals surface area contributed by atoms with Gasteiger partial charge in [-0.05, 0) is 48.1 Å². The largest absolute Gasteiger partial charge is 0.489 e. The Balaban J connectivity index is 1.43. The van der Waals surface area contributed by atoms with E-state index < -0.39 is 0 Å². The van der Waals surface area contributed by atoms with Gasteiger partial charge in [0.25, 0.3) is 5.89 Å². The molecule has 5 nitrogen and oxygen atoms in total. The smallest absolute Gasteiger partial charge is 0.264 e. The fourth-order valence-corrected chi connectivity index (χ4v) is 3.40. The fraction of sp³-hybridized carbons (Fsp3) is 0.227. The van der Waals surface area contributed by atoms with Crippen molar-refractivity contribution in [1.82, 2.24) is 4.98 Å². The standard InChI is InChI=1S/C22H18N2O3/c23-12-20-13-24-22(27-20)21(25)18-7-6-17-11-19(9-8-16(17)10-18)26-14-15-4-2-1-3-5-15/h1-5,8-9,11,13,18H,6-7,10,14H2. The Morgan fingerprint density at radius 1 is 1.22 bits per heavy atom. The number of oxazole rings is 1. The average molecular weight is 358 g/mol. The van der Waals surface area contributed by atoms with E-state index in [0.29, 0.717) is 13.0 Å². The van der Waals surface area contributed by atoms with Crippen LogP contribution in [0.1, 0.15) is 39.6 Å². The number of benzene rings is 2. The highest BCUT2D eigenvalue weighted by Gasteiger charge is 2.28. The van der Waals surface area contributed by atoms with Crippen molar-refractivity contribution in [3.63, 3.8) is 0 Å². The summed E-state index contributed by atoms with van der Waals surface area (Å²) in [4.78, 5) is 16.5. The van der Waals surface area contributed by atoms with Crippen molar-refractivity contribution in [2.75, 3.05) is 0 Å². The number of carbonyl (C=O) groups is 1. The van der Waals surface area contributed by atoms with E-state index in [1.165, 1.54) is 11.8 Å². The molecule has 4 rings (SSSR count). The zero-order valence-corrected chi connectivity index (χ0v) is 14.7. The molecule has 1 unspecified atom stereocenters. The minimum absolute atomic E-state index is 0.0304. The molecule has 0 N–H and O–H groups in total. The van der Waals surface area contributed by atoms with Gasteiger partial charge in [-0.2, -0.15) is 5.26 Å². The summed E-state index contributed by atoms with van der Waals surface area (Å²) in [7, 11) is 0. The van der Waals surface area contributed by atoms with E-state index in [-0.39, 0.29) is 23.4 Å². The maximum Gasteiger partial charge on any atom is 0.264 e. The van der Waals surface area contributed by atoms with Gasteiger partial charge < -0.3 is 9.15 Å². The van der Waals surface area contributed by atoms with E-state index in [1.807, 2.05) is 48.5 Å². The van der Waals surface area contributed by atoms with Crippen LogP contribution in [0.3, 0.4) is 0 Å². The van der Waals surface area contributed by atoms with Gasteiger partial charge >= 0.3 is 0 Å². The molecule has 0 fully saturated rings. The molecule has 0 radical (unpaired) electrons. The van der Waals surface area contributed by atoms with Crippen LogP contribution in [-0.2, 0) is 19.4 Å². The van der Waals surface area contributed by atoms with Gasteiger partial charge in [0.05, 0.1) is 6.20 Å². The van der Waals surface area contributed by atoms with E-state index in [4.69, 9.17) is 14.4 Å². The number of hydrogen-bond donors (Lipinski definition) is 0. The molecule has 5 heteroatoms. The van der Waals surface area contributed by atoms with Gasteiger partial charge in [-0.15, -0.1) is 0 Å².